The van der Waals surface area contributed by atoms with Crippen LogP contribution in [0.25, 0.3) is 0 Å². The van der Waals surface area contributed by atoms with Crippen molar-refractivity contribution in [1.29, 1.82) is 0 Å². The van der Waals surface area contributed by atoms with Crippen LogP contribution in [0, 0.1) is 5.92 Å². The van der Waals surface area contributed by atoms with Gasteiger partial charge in [-0.25, -0.2) is 0 Å². The molecule has 0 amide bonds. The van der Waals surface area contributed by atoms with E-state index >= 15 is 0 Å². The van der Waals surface area contributed by atoms with Gasteiger partial charge in [0.25, 0.3) is 0 Å². The lowest BCUT2D eigenvalue weighted by molar-refractivity contribution is 0.145. The quantitative estimate of drug-likeness (QED) is 0.917. The molecular formula is C16H28N4. The molecule has 0 bridgehead atoms. The van der Waals surface area contributed by atoms with Crippen molar-refractivity contribution in [2.24, 2.45) is 5.92 Å². The maximum absolute atomic E-state index is 4.46. The van der Waals surface area contributed by atoms with Crippen LogP contribution in [0.4, 0.5) is 0 Å². The summed E-state index contributed by atoms with van der Waals surface area (Å²) in [6.07, 6.45) is 9.74. The molecule has 2 aliphatic heterocycles. The average molecular weight is 276 g/mol. The molecule has 1 aromatic heterocycles. The van der Waals surface area contributed by atoms with E-state index in [2.05, 4.69) is 40.0 Å². The van der Waals surface area contributed by atoms with Crippen LogP contribution >= 0.6 is 0 Å². The van der Waals surface area contributed by atoms with Crippen LogP contribution in [-0.2, 0) is 6.54 Å². The van der Waals surface area contributed by atoms with Gasteiger partial charge >= 0.3 is 0 Å². The summed E-state index contributed by atoms with van der Waals surface area (Å²) in [7, 11) is 0. The molecular weight excluding hydrogens is 248 g/mol. The zero-order valence-corrected chi connectivity index (χ0v) is 12.9. The van der Waals surface area contributed by atoms with E-state index in [9.17, 15) is 0 Å². The van der Waals surface area contributed by atoms with Gasteiger partial charge in [-0.05, 0) is 58.5 Å². The maximum atomic E-state index is 4.46. The molecule has 2 saturated heterocycles. The second-order valence-electron chi connectivity index (χ2n) is 6.76. The lowest BCUT2D eigenvalue weighted by Crippen LogP contribution is -2.43. The third-order valence-electron chi connectivity index (χ3n) is 4.80. The van der Waals surface area contributed by atoms with Crippen molar-refractivity contribution in [1.82, 2.24) is 20.0 Å². The first-order chi connectivity index (χ1) is 9.72. The molecule has 0 spiro atoms. The van der Waals surface area contributed by atoms with E-state index in [-0.39, 0.29) is 0 Å². The molecule has 4 heteroatoms. The highest BCUT2D eigenvalue weighted by Crippen LogP contribution is 2.25. The number of hydrogen-bond acceptors (Lipinski definition) is 3. The second-order valence-corrected chi connectivity index (χ2v) is 6.76. The summed E-state index contributed by atoms with van der Waals surface area (Å²) in [5.74, 6) is 0.853. The van der Waals surface area contributed by atoms with Crippen molar-refractivity contribution >= 4 is 0 Å². The Bertz CT molecular complexity index is 420. The van der Waals surface area contributed by atoms with Crippen LogP contribution < -0.4 is 5.32 Å². The average Bonchev–Trinajstić information content (AvgIpc) is 3.10. The van der Waals surface area contributed by atoms with Crippen molar-refractivity contribution < 1.29 is 0 Å². The van der Waals surface area contributed by atoms with E-state index in [1.807, 2.05) is 6.20 Å². The minimum atomic E-state index is 0.459. The van der Waals surface area contributed by atoms with Gasteiger partial charge in [0.2, 0.25) is 0 Å². The summed E-state index contributed by atoms with van der Waals surface area (Å²) in [4.78, 5) is 2.62. The largest absolute Gasteiger partial charge is 0.314 e. The van der Waals surface area contributed by atoms with Crippen molar-refractivity contribution in [3.8, 4) is 0 Å². The Morgan fingerprint density at radius 1 is 1.35 bits per heavy atom. The van der Waals surface area contributed by atoms with Crippen molar-refractivity contribution in [3.05, 3.63) is 18.0 Å². The number of piperidine rings is 1. The molecule has 3 rings (SSSR count). The van der Waals surface area contributed by atoms with E-state index in [1.54, 1.807) is 0 Å². The smallest absolute Gasteiger partial charge is 0.0534 e. The van der Waals surface area contributed by atoms with Gasteiger partial charge in [-0.3, -0.25) is 9.58 Å². The minimum absolute atomic E-state index is 0.459. The minimum Gasteiger partial charge on any atom is -0.314 e. The second kappa shape index (κ2) is 6.27. The Morgan fingerprint density at radius 2 is 2.25 bits per heavy atom. The summed E-state index contributed by atoms with van der Waals surface area (Å²) in [6, 6.07) is 1.23. The molecule has 112 valence electrons. The number of nitrogens with one attached hydrogen (secondary N) is 1. The molecule has 0 aliphatic carbocycles. The van der Waals surface area contributed by atoms with Gasteiger partial charge in [-0.2, -0.15) is 5.10 Å². The lowest BCUT2D eigenvalue weighted by Gasteiger charge is -2.35. The molecule has 3 heterocycles. The zero-order chi connectivity index (χ0) is 13.9. The fourth-order valence-electron chi connectivity index (χ4n) is 3.68. The van der Waals surface area contributed by atoms with Crippen molar-refractivity contribution in [3.63, 3.8) is 0 Å². The van der Waals surface area contributed by atoms with Crippen LogP contribution in [0.1, 0.15) is 51.1 Å². The van der Waals surface area contributed by atoms with Crippen LogP contribution in [-0.4, -0.2) is 40.4 Å². The predicted molar refractivity (Wildman–Crippen MR) is 81.6 cm³/mol. The fourth-order valence-corrected chi connectivity index (χ4v) is 3.68. The van der Waals surface area contributed by atoms with Crippen LogP contribution in [0.5, 0.6) is 0 Å². The highest BCUT2D eigenvalue weighted by molar-refractivity contribution is 5.04. The van der Waals surface area contributed by atoms with Crippen LogP contribution in [0.3, 0.4) is 0 Å². The first-order valence-electron chi connectivity index (χ1n) is 8.21. The highest BCUT2D eigenvalue weighted by Gasteiger charge is 2.29. The number of hydrogen-bond donors (Lipinski definition) is 1. The Kier molecular flexibility index (Phi) is 4.41. The molecule has 0 radical (unpaired) electrons. The SMILES string of the molecule is CC(C)n1cc(CN2CCCC(C3CCCN3)C2)cn1. The third kappa shape index (κ3) is 3.23. The topological polar surface area (TPSA) is 33.1 Å². The zero-order valence-electron chi connectivity index (χ0n) is 12.9. The van der Waals surface area contributed by atoms with Gasteiger partial charge in [0, 0.05) is 36.9 Å². The Balaban J connectivity index is 1.56. The number of rotatable bonds is 4. The van der Waals surface area contributed by atoms with E-state index in [0.717, 1.165) is 18.5 Å². The predicted octanol–water partition coefficient (Wildman–Crippen LogP) is 2.43. The van der Waals surface area contributed by atoms with Crippen LogP contribution in [0.2, 0.25) is 0 Å². The lowest BCUT2D eigenvalue weighted by atomic mass is 9.89. The Morgan fingerprint density at radius 3 is 2.95 bits per heavy atom. The number of nitrogens with zero attached hydrogens (tertiary/aromatic N) is 3. The van der Waals surface area contributed by atoms with E-state index in [4.69, 9.17) is 0 Å². The number of likely N-dealkylation sites (tertiary alicyclic amines) is 1. The first-order valence-corrected chi connectivity index (χ1v) is 8.21. The molecule has 1 aromatic rings. The van der Waals surface area contributed by atoms with Gasteiger partial charge in [0.15, 0.2) is 0 Å². The molecule has 1 N–H and O–H groups in total. The Hall–Kier alpha value is -0.870. The summed E-state index contributed by atoms with van der Waals surface area (Å²) < 4.78 is 2.06. The van der Waals surface area contributed by atoms with E-state index < -0.39 is 0 Å². The Labute approximate surface area is 122 Å². The van der Waals surface area contributed by atoms with Gasteiger partial charge in [-0.15, -0.1) is 0 Å². The van der Waals surface area contributed by atoms with Crippen LogP contribution in [0.15, 0.2) is 12.4 Å². The summed E-state index contributed by atoms with van der Waals surface area (Å²) in [5.41, 5.74) is 1.36. The standard InChI is InChI=1S/C16H28N4/c1-13(2)20-11-14(9-18-20)10-19-8-4-5-15(12-19)16-6-3-7-17-16/h9,11,13,15-17H,3-8,10,12H2,1-2H3. The third-order valence-corrected chi connectivity index (χ3v) is 4.80. The highest BCUT2D eigenvalue weighted by atomic mass is 15.3. The van der Waals surface area contributed by atoms with E-state index in [1.165, 1.54) is 50.9 Å². The van der Waals surface area contributed by atoms with Gasteiger partial charge in [0.1, 0.15) is 0 Å². The summed E-state index contributed by atoms with van der Waals surface area (Å²) in [6.45, 7) is 9.15. The summed E-state index contributed by atoms with van der Waals surface area (Å²) in [5, 5.41) is 8.14. The molecule has 2 unspecified atom stereocenters. The monoisotopic (exact) mass is 276 g/mol. The molecule has 2 atom stereocenters. The molecule has 0 aromatic carbocycles. The molecule has 2 aliphatic rings. The number of aromatic nitrogens is 2. The van der Waals surface area contributed by atoms with Gasteiger partial charge < -0.3 is 5.32 Å². The molecule has 2 fully saturated rings. The summed E-state index contributed by atoms with van der Waals surface area (Å²) >= 11 is 0. The maximum Gasteiger partial charge on any atom is 0.0534 e. The molecule has 4 nitrogen and oxygen atoms in total. The van der Waals surface area contributed by atoms with Crippen molar-refractivity contribution in [2.45, 2.75) is 58.2 Å². The van der Waals surface area contributed by atoms with Gasteiger partial charge in [-0.1, -0.05) is 0 Å². The van der Waals surface area contributed by atoms with Gasteiger partial charge in [0.05, 0.1) is 6.20 Å². The molecule has 20 heavy (non-hydrogen) atoms. The molecule has 0 saturated carbocycles. The normalized spacial score (nSPS) is 28.4. The fraction of sp³-hybridized carbons (Fsp3) is 0.812. The van der Waals surface area contributed by atoms with Crippen molar-refractivity contribution in [2.75, 3.05) is 19.6 Å². The first kappa shape index (κ1) is 14.1. The van der Waals surface area contributed by atoms with E-state index in [0.29, 0.717) is 6.04 Å².